The van der Waals surface area contributed by atoms with Crippen molar-refractivity contribution in [2.45, 2.75) is 12.6 Å². The predicted octanol–water partition coefficient (Wildman–Crippen LogP) is -0.777. The standard InChI is InChI=1S/C10H14N2O4/c13-6-8(14)5-11-4-7-2-1-3-9(12-7)10(15)16/h1-3,8,11,13-14H,4-6H2,(H,15,16). The number of carboxylic acids is 1. The van der Waals surface area contributed by atoms with Gasteiger partial charge in [0, 0.05) is 13.1 Å². The monoisotopic (exact) mass is 226 g/mol. The third-order valence-corrected chi connectivity index (χ3v) is 1.92. The maximum absolute atomic E-state index is 10.6. The van der Waals surface area contributed by atoms with Crippen LogP contribution in [0.5, 0.6) is 0 Å². The van der Waals surface area contributed by atoms with Gasteiger partial charge in [0.05, 0.1) is 18.4 Å². The lowest BCUT2D eigenvalue weighted by Gasteiger charge is -2.08. The lowest BCUT2D eigenvalue weighted by atomic mass is 10.3. The smallest absolute Gasteiger partial charge is 0.354 e. The van der Waals surface area contributed by atoms with Crippen molar-refractivity contribution < 1.29 is 20.1 Å². The average molecular weight is 226 g/mol. The lowest BCUT2D eigenvalue weighted by molar-refractivity contribution is 0.0690. The first-order valence-corrected chi connectivity index (χ1v) is 4.82. The maximum Gasteiger partial charge on any atom is 0.354 e. The molecule has 0 radical (unpaired) electrons. The Kier molecular flexibility index (Phi) is 4.84. The molecule has 1 aromatic rings. The molecule has 0 aliphatic carbocycles. The van der Waals surface area contributed by atoms with E-state index < -0.39 is 12.1 Å². The molecule has 6 heteroatoms. The molecule has 1 heterocycles. The van der Waals surface area contributed by atoms with E-state index in [1.165, 1.54) is 6.07 Å². The van der Waals surface area contributed by atoms with Gasteiger partial charge in [-0.3, -0.25) is 0 Å². The summed E-state index contributed by atoms with van der Waals surface area (Å²) in [6.45, 7) is 0.267. The number of pyridine rings is 1. The maximum atomic E-state index is 10.6. The lowest BCUT2D eigenvalue weighted by Crippen LogP contribution is -2.29. The Morgan fingerprint density at radius 3 is 2.88 bits per heavy atom. The number of aromatic carboxylic acids is 1. The molecule has 6 nitrogen and oxygen atoms in total. The molecule has 0 aliphatic rings. The summed E-state index contributed by atoms with van der Waals surface area (Å²) in [4.78, 5) is 14.5. The number of aromatic nitrogens is 1. The van der Waals surface area contributed by atoms with Gasteiger partial charge in [0.25, 0.3) is 0 Å². The van der Waals surface area contributed by atoms with Gasteiger partial charge in [-0.05, 0) is 12.1 Å². The summed E-state index contributed by atoms with van der Waals surface area (Å²) in [6, 6.07) is 4.70. The fourth-order valence-corrected chi connectivity index (χ4v) is 1.13. The molecule has 1 unspecified atom stereocenters. The van der Waals surface area contributed by atoms with Gasteiger partial charge in [-0.2, -0.15) is 0 Å². The van der Waals surface area contributed by atoms with Gasteiger partial charge < -0.3 is 20.6 Å². The van der Waals surface area contributed by atoms with E-state index in [9.17, 15) is 4.79 Å². The van der Waals surface area contributed by atoms with Crippen molar-refractivity contribution in [2.75, 3.05) is 13.2 Å². The number of carboxylic acid groups (broad SMARTS) is 1. The molecule has 1 aromatic heterocycles. The highest BCUT2D eigenvalue weighted by molar-refractivity contribution is 5.85. The molecular formula is C10H14N2O4. The van der Waals surface area contributed by atoms with Crippen LogP contribution in [0.15, 0.2) is 18.2 Å². The summed E-state index contributed by atoms with van der Waals surface area (Å²) in [6.07, 6.45) is -0.817. The van der Waals surface area contributed by atoms with Gasteiger partial charge in [-0.15, -0.1) is 0 Å². The molecule has 0 saturated carbocycles. The van der Waals surface area contributed by atoms with E-state index in [4.69, 9.17) is 15.3 Å². The molecule has 88 valence electrons. The van der Waals surface area contributed by atoms with Crippen LogP contribution in [-0.4, -0.2) is 45.5 Å². The number of aliphatic hydroxyl groups is 2. The molecule has 4 N–H and O–H groups in total. The van der Waals surface area contributed by atoms with Gasteiger partial charge in [0.2, 0.25) is 0 Å². The highest BCUT2D eigenvalue weighted by Crippen LogP contribution is 1.99. The first-order valence-electron chi connectivity index (χ1n) is 4.82. The van der Waals surface area contributed by atoms with E-state index in [1.807, 2.05) is 0 Å². The van der Waals surface area contributed by atoms with Crippen LogP contribution in [0.25, 0.3) is 0 Å². The number of hydrogen-bond acceptors (Lipinski definition) is 5. The fraction of sp³-hybridized carbons (Fsp3) is 0.400. The van der Waals surface area contributed by atoms with Crippen molar-refractivity contribution in [2.24, 2.45) is 0 Å². The van der Waals surface area contributed by atoms with E-state index in [0.29, 0.717) is 12.2 Å². The van der Waals surface area contributed by atoms with Crippen LogP contribution < -0.4 is 5.32 Å². The Morgan fingerprint density at radius 2 is 2.25 bits per heavy atom. The molecule has 0 saturated heterocycles. The van der Waals surface area contributed by atoms with Gasteiger partial charge in [-0.25, -0.2) is 9.78 Å². The first-order chi connectivity index (χ1) is 7.63. The van der Waals surface area contributed by atoms with Crippen LogP contribution in [0, 0.1) is 0 Å². The summed E-state index contributed by atoms with van der Waals surface area (Å²) in [7, 11) is 0. The van der Waals surface area contributed by atoms with Gasteiger partial charge in [-0.1, -0.05) is 6.07 Å². The van der Waals surface area contributed by atoms with Crippen LogP contribution in [0.2, 0.25) is 0 Å². The van der Waals surface area contributed by atoms with E-state index in [2.05, 4.69) is 10.3 Å². The van der Waals surface area contributed by atoms with Crippen LogP contribution in [0.4, 0.5) is 0 Å². The fourth-order valence-electron chi connectivity index (χ4n) is 1.13. The molecule has 0 fully saturated rings. The number of rotatable bonds is 6. The highest BCUT2D eigenvalue weighted by Gasteiger charge is 2.05. The van der Waals surface area contributed by atoms with Crippen molar-refractivity contribution in [3.63, 3.8) is 0 Å². The summed E-state index contributed by atoms with van der Waals surface area (Å²) in [5, 5.41) is 29.2. The Bertz CT molecular complexity index is 356. The molecule has 0 aliphatic heterocycles. The second-order valence-corrected chi connectivity index (χ2v) is 3.29. The van der Waals surface area contributed by atoms with Crippen molar-refractivity contribution in [1.82, 2.24) is 10.3 Å². The molecule has 1 rings (SSSR count). The number of hydrogen-bond donors (Lipinski definition) is 4. The number of nitrogens with one attached hydrogen (secondary N) is 1. The second-order valence-electron chi connectivity index (χ2n) is 3.29. The van der Waals surface area contributed by atoms with E-state index in [1.54, 1.807) is 12.1 Å². The Hall–Kier alpha value is -1.50. The van der Waals surface area contributed by atoms with Crippen LogP contribution in [0.3, 0.4) is 0 Å². The SMILES string of the molecule is O=C(O)c1cccc(CNCC(O)CO)n1. The normalized spacial score (nSPS) is 12.4. The van der Waals surface area contributed by atoms with Crippen molar-refractivity contribution in [3.8, 4) is 0 Å². The zero-order valence-electron chi connectivity index (χ0n) is 8.63. The van der Waals surface area contributed by atoms with Gasteiger partial charge in [0.15, 0.2) is 0 Å². The molecule has 1 atom stereocenters. The zero-order valence-corrected chi connectivity index (χ0v) is 8.63. The molecular weight excluding hydrogens is 212 g/mol. The van der Waals surface area contributed by atoms with Gasteiger partial charge >= 0.3 is 5.97 Å². The van der Waals surface area contributed by atoms with Crippen LogP contribution >= 0.6 is 0 Å². The third-order valence-electron chi connectivity index (χ3n) is 1.92. The third kappa shape index (κ3) is 3.93. The van der Waals surface area contributed by atoms with Crippen molar-refractivity contribution >= 4 is 5.97 Å². The summed E-state index contributed by atoms with van der Waals surface area (Å²) in [5.74, 6) is -1.07. The van der Waals surface area contributed by atoms with E-state index >= 15 is 0 Å². The molecule has 0 amide bonds. The number of nitrogens with zero attached hydrogens (tertiary/aromatic N) is 1. The minimum Gasteiger partial charge on any atom is -0.477 e. The molecule has 0 aromatic carbocycles. The Balaban J connectivity index is 2.48. The van der Waals surface area contributed by atoms with Crippen molar-refractivity contribution in [3.05, 3.63) is 29.6 Å². The topological polar surface area (TPSA) is 103 Å². The Morgan fingerprint density at radius 1 is 1.50 bits per heavy atom. The quantitative estimate of drug-likeness (QED) is 0.507. The minimum absolute atomic E-state index is 0.0120. The zero-order chi connectivity index (χ0) is 12.0. The van der Waals surface area contributed by atoms with Gasteiger partial charge in [0.1, 0.15) is 5.69 Å². The summed E-state index contributed by atoms with van der Waals surface area (Å²) >= 11 is 0. The average Bonchev–Trinajstić information content (AvgIpc) is 2.29. The summed E-state index contributed by atoms with van der Waals surface area (Å²) < 4.78 is 0. The molecule has 0 spiro atoms. The Labute approximate surface area is 92.6 Å². The first kappa shape index (κ1) is 12.6. The van der Waals surface area contributed by atoms with Crippen molar-refractivity contribution in [1.29, 1.82) is 0 Å². The molecule has 16 heavy (non-hydrogen) atoms. The molecule has 0 bridgehead atoms. The minimum atomic E-state index is -1.07. The summed E-state index contributed by atoms with van der Waals surface area (Å²) in [5.41, 5.74) is 0.562. The highest BCUT2D eigenvalue weighted by atomic mass is 16.4. The second kappa shape index (κ2) is 6.16. The van der Waals surface area contributed by atoms with Crippen LogP contribution in [0.1, 0.15) is 16.2 Å². The largest absolute Gasteiger partial charge is 0.477 e. The van der Waals surface area contributed by atoms with Crippen LogP contribution in [-0.2, 0) is 6.54 Å². The number of aliphatic hydroxyl groups excluding tert-OH is 2. The van der Waals surface area contributed by atoms with E-state index in [-0.39, 0.29) is 18.8 Å². The van der Waals surface area contributed by atoms with E-state index in [0.717, 1.165) is 0 Å². The number of carbonyl (C=O) groups is 1. The predicted molar refractivity (Wildman–Crippen MR) is 56.0 cm³/mol.